The predicted molar refractivity (Wildman–Crippen MR) is 120 cm³/mol. The lowest BCUT2D eigenvalue weighted by Gasteiger charge is -2.30. The third kappa shape index (κ3) is 7.85. The minimum atomic E-state index is -3.97. The second-order valence-electron chi connectivity index (χ2n) is 8.54. The van der Waals surface area contributed by atoms with E-state index in [9.17, 15) is 14.4 Å². The van der Waals surface area contributed by atoms with Crippen LogP contribution < -0.4 is 16.4 Å². The number of carbonyl (C=O) groups is 3. The van der Waals surface area contributed by atoms with Gasteiger partial charge >= 0.3 is 11.9 Å². The summed E-state index contributed by atoms with van der Waals surface area (Å²) in [5.74, 6) is -7.32. The molecule has 2 atom stereocenters. The van der Waals surface area contributed by atoms with Crippen LogP contribution in [0.3, 0.4) is 0 Å². The number of ether oxygens (including phenoxy) is 1. The molecule has 4 N–H and O–H groups in total. The Labute approximate surface area is 191 Å². The van der Waals surface area contributed by atoms with Crippen molar-refractivity contribution in [3.63, 3.8) is 0 Å². The molecule has 0 radical (unpaired) electrons. The fraction of sp³-hybridized carbons (Fsp3) is 0.375. The van der Waals surface area contributed by atoms with Crippen molar-refractivity contribution in [2.45, 2.75) is 57.2 Å². The number of nitrogens with two attached hydrogens (primary N) is 1. The van der Waals surface area contributed by atoms with Crippen LogP contribution in [-0.4, -0.2) is 35.3 Å². The Kier molecular flexibility index (Phi) is 8.50. The molecule has 0 aromatic heterocycles. The zero-order chi connectivity index (χ0) is 24.6. The summed E-state index contributed by atoms with van der Waals surface area (Å²) in [6, 6.07) is 12.9. The van der Waals surface area contributed by atoms with Crippen LogP contribution in [0.2, 0.25) is 0 Å². The van der Waals surface area contributed by atoms with E-state index in [0.717, 1.165) is 0 Å². The van der Waals surface area contributed by atoms with E-state index in [1.165, 1.54) is 12.1 Å². The predicted octanol–water partition coefficient (Wildman–Crippen LogP) is 3.57. The average Bonchev–Trinajstić information content (AvgIpc) is 2.74. The summed E-state index contributed by atoms with van der Waals surface area (Å²) in [6.07, 6.45) is -0.561. The van der Waals surface area contributed by atoms with E-state index < -0.39 is 41.4 Å². The Morgan fingerprint density at radius 3 is 2.03 bits per heavy atom. The molecule has 7 nitrogen and oxygen atoms in total. The van der Waals surface area contributed by atoms with Gasteiger partial charge in [0.2, 0.25) is 5.91 Å². The number of esters is 1. The first-order valence-electron chi connectivity index (χ1n) is 10.5. The van der Waals surface area contributed by atoms with Gasteiger partial charge in [0.1, 0.15) is 17.7 Å². The minimum absolute atomic E-state index is 0.174. The molecule has 0 aliphatic heterocycles. The monoisotopic (exact) mass is 461 g/mol. The lowest BCUT2D eigenvalue weighted by molar-refractivity contribution is -0.162. The number of rotatable bonds is 10. The summed E-state index contributed by atoms with van der Waals surface area (Å²) >= 11 is 0. The van der Waals surface area contributed by atoms with Crippen molar-refractivity contribution in [2.75, 3.05) is 5.32 Å². The molecule has 9 heteroatoms. The van der Waals surface area contributed by atoms with E-state index in [1.807, 2.05) is 0 Å². The molecule has 0 aliphatic rings. The highest BCUT2D eigenvalue weighted by Gasteiger charge is 2.49. The molecule has 0 fully saturated rings. The summed E-state index contributed by atoms with van der Waals surface area (Å²) in [6.45, 7) is 4.80. The normalized spacial score (nSPS) is 13.5. The summed E-state index contributed by atoms with van der Waals surface area (Å²) in [4.78, 5) is 36.5. The molecule has 1 unspecified atom stereocenters. The van der Waals surface area contributed by atoms with Gasteiger partial charge in [-0.15, -0.1) is 0 Å². The summed E-state index contributed by atoms with van der Waals surface area (Å²) in [7, 11) is 0. The third-order valence-corrected chi connectivity index (χ3v) is 4.56. The highest BCUT2D eigenvalue weighted by molar-refractivity contribution is 5.90. The van der Waals surface area contributed by atoms with Crippen LogP contribution in [0.25, 0.3) is 0 Å². The van der Waals surface area contributed by atoms with Gasteiger partial charge in [0, 0.05) is 12.1 Å². The number of halogens is 2. The molecule has 0 heterocycles. The van der Waals surface area contributed by atoms with E-state index in [4.69, 9.17) is 10.5 Å². The van der Waals surface area contributed by atoms with Crippen LogP contribution in [0, 0.1) is 0 Å². The zero-order valence-corrected chi connectivity index (χ0v) is 18.8. The Bertz CT molecular complexity index is 947. The van der Waals surface area contributed by atoms with Crippen molar-refractivity contribution in [3.8, 4) is 0 Å². The molecular formula is C24H29F2N3O4. The summed E-state index contributed by atoms with van der Waals surface area (Å²) in [5, 5.41) is 4.77. The van der Waals surface area contributed by atoms with Gasteiger partial charge in [-0.1, -0.05) is 48.5 Å². The SMILES string of the molecule is CC(C)(C)OC(=O)[C@H](CCC(N)=O)NC(=O)C(F)(F)C(Nc1ccccc1)c1ccccc1. The number of benzene rings is 2. The van der Waals surface area contributed by atoms with Gasteiger partial charge in [-0.2, -0.15) is 8.78 Å². The van der Waals surface area contributed by atoms with Crippen molar-refractivity contribution in [1.29, 1.82) is 0 Å². The average molecular weight is 462 g/mol. The molecule has 2 amide bonds. The van der Waals surface area contributed by atoms with E-state index >= 15 is 8.78 Å². The number of nitrogens with one attached hydrogen (secondary N) is 2. The molecule has 0 aliphatic carbocycles. The Morgan fingerprint density at radius 2 is 1.52 bits per heavy atom. The number of alkyl halides is 2. The lowest BCUT2D eigenvalue weighted by Crippen LogP contribution is -2.53. The standard InChI is InChI=1S/C24H29F2N3O4/c1-23(2,3)33-21(31)18(14-15-19(27)30)29-22(32)24(25,26)20(16-10-6-4-7-11-16)28-17-12-8-5-9-13-17/h4-13,18,20,28H,14-15H2,1-3H3,(H2,27,30)(H,29,32)/t18-,20?/m0/s1. The van der Waals surface area contributed by atoms with Gasteiger partial charge in [0.25, 0.3) is 5.91 Å². The van der Waals surface area contributed by atoms with Crippen molar-refractivity contribution < 1.29 is 27.9 Å². The number of amides is 2. The Morgan fingerprint density at radius 1 is 0.970 bits per heavy atom. The van der Waals surface area contributed by atoms with Crippen LogP contribution in [0.1, 0.15) is 45.2 Å². The van der Waals surface area contributed by atoms with Crippen LogP contribution in [0.4, 0.5) is 14.5 Å². The van der Waals surface area contributed by atoms with Gasteiger partial charge in [0.15, 0.2) is 0 Å². The van der Waals surface area contributed by atoms with E-state index in [0.29, 0.717) is 5.69 Å². The van der Waals surface area contributed by atoms with Gasteiger partial charge in [0.05, 0.1) is 0 Å². The van der Waals surface area contributed by atoms with E-state index in [2.05, 4.69) is 10.6 Å². The number of hydrogen-bond donors (Lipinski definition) is 3. The van der Waals surface area contributed by atoms with Crippen molar-refractivity contribution in [2.24, 2.45) is 5.73 Å². The number of anilines is 1. The molecule has 178 valence electrons. The first kappa shape index (κ1) is 25.8. The first-order chi connectivity index (χ1) is 15.4. The Hall–Kier alpha value is -3.49. The molecule has 2 aromatic carbocycles. The molecule has 0 saturated carbocycles. The van der Waals surface area contributed by atoms with E-state index in [1.54, 1.807) is 69.3 Å². The highest BCUT2D eigenvalue weighted by Crippen LogP contribution is 2.35. The van der Waals surface area contributed by atoms with Crippen LogP contribution in [0.5, 0.6) is 0 Å². The van der Waals surface area contributed by atoms with Crippen LogP contribution in [0.15, 0.2) is 60.7 Å². The quantitative estimate of drug-likeness (QED) is 0.469. The molecule has 0 bridgehead atoms. The fourth-order valence-corrected chi connectivity index (χ4v) is 3.02. The van der Waals surface area contributed by atoms with Crippen molar-refractivity contribution in [3.05, 3.63) is 66.2 Å². The Balaban J connectivity index is 2.31. The molecule has 0 spiro atoms. The smallest absolute Gasteiger partial charge is 0.348 e. The number of para-hydroxylation sites is 1. The van der Waals surface area contributed by atoms with Crippen molar-refractivity contribution >= 4 is 23.5 Å². The molecule has 33 heavy (non-hydrogen) atoms. The minimum Gasteiger partial charge on any atom is -0.458 e. The van der Waals surface area contributed by atoms with Crippen molar-refractivity contribution in [1.82, 2.24) is 5.32 Å². The maximum absolute atomic E-state index is 15.5. The highest BCUT2D eigenvalue weighted by atomic mass is 19.3. The van der Waals surface area contributed by atoms with Crippen LogP contribution >= 0.6 is 0 Å². The fourth-order valence-electron chi connectivity index (χ4n) is 3.02. The number of carbonyl (C=O) groups excluding carboxylic acids is 3. The molecule has 0 saturated heterocycles. The zero-order valence-electron chi connectivity index (χ0n) is 18.8. The second kappa shape index (κ2) is 10.9. The lowest BCUT2D eigenvalue weighted by atomic mass is 9.98. The maximum atomic E-state index is 15.5. The molecule has 2 aromatic rings. The van der Waals surface area contributed by atoms with Gasteiger partial charge in [-0.05, 0) is 44.9 Å². The molecular weight excluding hydrogens is 432 g/mol. The maximum Gasteiger partial charge on any atom is 0.348 e. The third-order valence-electron chi connectivity index (χ3n) is 4.56. The second-order valence-corrected chi connectivity index (χ2v) is 8.54. The van der Waals surface area contributed by atoms with Crippen LogP contribution in [-0.2, 0) is 19.1 Å². The summed E-state index contributed by atoms with van der Waals surface area (Å²) < 4.78 is 36.2. The molecule has 2 rings (SSSR count). The first-order valence-corrected chi connectivity index (χ1v) is 10.5. The largest absolute Gasteiger partial charge is 0.458 e. The number of primary amides is 1. The van der Waals surface area contributed by atoms with Gasteiger partial charge in [-0.25, -0.2) is 4.79 Å². The van der Waals surface area contributed by atoms with Gasteiger partial charge in [-0.3, -0.25) is 9.59 Å². The topological polar surface area (TPSA) is 111 Å². The summed E-state index contributed by atoms with van der Waals surface area (Å²) in [5.41, 5.74) is 4.77. The van der Waals surface area contributed by atoms with E-state index in [-0.39, 0.29) is 18.4 Å². The van der Waals surface area contributed by atoms with Gasteiger partial charge < -0.3 is 21.1 Å². The number of hydrogen-bond acceptors (Lipinski definition) is 5.